The highest BCUT2D eigenvalue weighted by Gasteiger charge is 2.25. The van der Waals surface area contributed by atoms with Crippen LogP contribution in [0.15, 0.2) is 24.5 Å². The molecule has 1 fully saturated rings. The third kappa shape index (κ3) is 6.00. The van der Waals surface area contributed by atoms with Gasteiger partial charge in [-0.2, -0.15) is 0 Å². The predicted octanol–water partition coefficient (Wildman–Crippen LogP) is 3.46. The fourth-order valence-corrected chi connectivity index (χ4v) is 4.10. The van der Waals surface area contributed by atoms with E-state index in [1.165, 1.54) is 6.33 Å². The molecule has 1 amide bonds. The molecule has 7 heteroatoms. The highest BCUT2D eigenvalue weighted by Crippen LogP contribution is 2.22. The molecule has 1 saturated carbocycles. The zero-order valence-corrected chi connectivity index (χ0v) is 18.3. The van der Waals surface area contributed by atoms with Crippen molar-refractivity contribution < 1.29 is 4.79 Å². The van der Waals surface area contributed by atoms with Crippen LogP contribution in [0, 0.1) is 3.57 Å². The Balaban J connectivity index is 1.49. The molecule has 6 nitrogen and oxygen atoms in total. The summed E-state index contributed by atoms with van der Waals surface area (Å²) in [5, 5.41) is 10.9. The average molecular weight is 481 g/mol. The van der Waals surface area contributed by atoms with Gasteiger partial charge < -0.3 is 16.0 Å². The predicted molar refractivity (Wildman–Crippen MR) is 118 cm³/mol. The van der Waals surface area contributed by atoms with E-state index in [-0.39, 0.29) is 24.0 Å². The van der Waals surface area contributed by atoms with E-state index < -0.39 is 0 Å². The van der Waals surface area contributed by atoms with Crippen LogP contribution in [-0.4, -0.2) is 40.0 Å². The standard InChI is InChI=1S/C20H28IN5O/c1-20(2,3)26-15-7-5-14(6-8-15)25-18(27)11-22-19-16-10-13(21)4-9-17(16)23-12-24-19/h4,9-10,12,14-15,26H,5-8,11H2,1-3H3,(H,25,27)(H,22,23,24). The summed E-state index contributed by atoms with van der Waals surface area (Å²) in [6.07, 6.45) is 5.77. The monoisotopic (exact) mass is 481 g/mol. The van der Waals surface area contributed by atoms with Crippen LogP contribution in [0.4, 0.5) is 5.82 Å². The Hall–Kier alpha value is -1.48. The quantitative estimate of drug-likeness (QED) is 0.571. The lowest BCUT2D eigenvalue weighted by atomic mass is 9.89. The molecule has 0 radical (unpaired) electrons. The minimum Gasteiger partial charge on any atom is -0.360 e. The first-order valence-corrected chi connectivity index (χ1v) is 10.6. The SMILES string of the molecule is CC(C)(C)NC1CCC(NC(=O)CNc2ncnc3ccc(I)cc23)CC1. The van der Waals surface area contributed by atoms with Gasteiger partial charge in [0.1, 0.15) is 12.1 Å². The largest absolute Gasteiger partial charge is 0.360 e. The van der Waals surface area contributed by atoms with E-state index in [0.717, 1.165) is 40.2 Å². The maximum atomic E-state index is 12.4. The number of rotatable bonds is 5. The number of carbonyl (C=O) groups is 1. The van der Waals surface area contributed by atoms with Gasteiger partial charge >= 0.3 is 0 Å². The molecule has 146 valence electrons. The summed E-state index contributed by atoms with van der Waals surface area (Å²) < 4.78 is 1.11. The molecule has 0 aliphatic heterocycles. The van der Waals surface area contributed by atoms with E-state index in [1.54, 1.807) is 0 Å². The van der Waals surface area contributed by atoms with Crippen molar-refractivity contribution in [3.8, 4) is 0 Å². The average Bonchev–Trinajstić information content (AvgIpc) is 2.60. The second-order valence-corrected chi connectivity index (χ2v) is 9.49. The van der Waals surface area contributed by atoms with E-state index in [9.17, 15) is 4.79 Å². The Labute approximate surface area is 174 Å². The highest BCUT2D eigenvalue weighted by molar-refractivity contribution is 14.1. The van der Waals surface area contributed by atoms with Crippen molar-refractivity contribution in [1.82, 2.24) is 20.6 Å². The van der Waals surface area contributed by atoms with Gasteiger partial charge in [-0.1, -0.05) is 0 Å². The summed E-state index contributed by atoms with van der Waals surface area (Å²) in [5.74, 6) is 0.714. The molecule has 1 aromatic heterocycles. The third-order valence-electron chi connectivity index (χ3n) is 4.74. The van der Waals surface area contributed by atoms with Crippen molar-refractivity contribution in [3.05, 3.63) is 28.1 Å². The van der Waals surface area contributed by atoms with Crippen LogP contribution in [0.3, 0.4) is 0 Å². The van der Waals surface area contributed by atoms with E-state index in [4.69, 9.17) is 0 Å². The molecule has 27 heavy (non-hydrogen) atoms. The fraction of sp³-hybridized carbons (Fsp3) is 0.550. The van der Waals surface area contributed by atoms with Crippen molar-refractivity contribution >= 4 is 45.2 Å². The highest BCUT2D eigenvalue weighted by atomic mass is 127. The van der Waals surface area contributed by atoms with Gasteiger partial charge in [-0.25, -0.2) is 9.97 Å². The lowest BCUT2D eigenvalue weighted by molar-refractivity contribution is -0.120. The first kappa shape index (κ1) is 20.3. The molecule has 3 N–H and O–H groups in total. The minimum atomic E-state index is 0.0135. The van der Waals surface area contributed by atoms with E-state index in [2.05, 4.69) is 69.3 Å². The maximum Gasteiger partial charge on any atom is 0.239 e. The number of anilines is 1. The number of hydrogen-bond donors (Lipinski definition) is 3. The van der Waals surface area contributed by atoms with Crippen LogP contribution in [0.25, 0.3) is 10.9 Å². The fourth-order valence-electron chi connectivity index (χ4n) is 3.61. The van der Waals surface area contributed by atoms with E-state index in [0.29, 0.717) is 11.9 Å². The van der Waals surface area contributed by atoms with Gasteiger partial charge in [0, 0.05) is 26.6 Å². The topological polar surface area (TPSA) is 78.9 Å². The van der Waals surface area contributed by atoms with E-state index in [1.807, 2.05) is 18.2 Å². The molecule has 2 aromatic rings. The lowest BCUT2D eigenvalue weighted by Crippen LogP contribution is -2.48. The Morgan fingerprint density at radius 2 is 1.85 bits per heavy atom. The second kappa shape index (κ2) is 8.68. The summed E-state index contributed by atoms with van der Waals surface area (Å²) in [6.45, 7) is 6.82. The molecule has 3 rings (SSSR count). The lowest BCUT2D eigenvalue weighted by Gasteiger charge is -2.34. The molecule has 1 heterocycles. The second-order valence-electron chi connectivity index (χ2n) is 8.25. The number of benzene rings is 1. The number of nitrogens with zero attached hydrogens (tertiary/aromatic N) is 2. The number of hydrogen-bond acceptors (Lipinski definition) is 5. The molecule has 0 bridgehead atoms. The zero-order chi connectivity index (χ0) is 19.4. The number of nitrogens with one attached hydrogen (secondary N) is 3. The van der Waals surface area contributed by atoms with Crippen LogP contribution < -0.4 is 16.0 Å². The van der Waals surface area contributed by atoms with Gasteiger partial charge in [-0.05, 0) is 87.2 Å². The molecule has 1 aliphatic rings. The molecule has 1 aliphatic carbocycles. The summed E-state index contributed by atoms with van der Waals surface area (Å²) in [5.41, 5.74) is 1.01. The summed E-state index contributed by atoms with van der Waals surface area (Å²) in [4.78, 5) is 20.9. The molecule has 0 atom stereocenters. The molecule has 0 unspecified atom stereocenters. The van der Waals surface area contributed by atoms with Crippen molar-refractivity contribution in [2.24, 2.45) is 0 Å². The van der Waals surface area contributed by atoms with Crippen molar-refractivity contribution in [2.75, 3.05) is 11.9 Å². The molecule has 1 aromatic carbocycles. The molecule has 0 spiro atoms. The Kier molecular flexibility index (Phi) is 6.52. The van der Waals surface area contributed by atoms with Crippen LogP contribution >= 0.6 is 22.6 Å². The Morgan fingerprint density at radius 1 is 1.15 bits per heavy atom. The maximum absolute atomic E-state index is 12.4. The van der Waals surface area contributed by atoms with Gasteiger partial charge in [0.2, 0.25) is 5.91 Å². The van der Waals surface area contributed by atoms with Gasteiger partial charge in [-0.15, -0.1) is 0 Å². The van der Waals surface area contributed by atoms with Crippen LogP contribution in [0.1, 0.15) is 46.5 Å². The van der Waals surface area contributed by atoms with Gasteiger partial charge in [-0.3, -0.25) is 4.79 Å². The Morgan fingerprint density at radius 3 is 2.56 bits per heavy atom. The first-order valence-electron chi connectivity index (χ1n) is 9.51. The summed E-state index contributed by atoms with van der Waals surface area (Å²) in [7, 11) is 0. The Bertz CT molecular complexity index is 797. The van der Waals surface area contributed by atoms with Crippen LogP contribution in [0.5, 0.6) is 0 Å². The number of halogens is 1. The zero-order valence-electron chi connectivity index (χ0n) is 16.2. The number of fused-ring (bicyclic) bond motifs is 1. The van der Waals surface area contributed by atoms with Gasteiger partial charge in [0.25, 0.3) is 0 Å². The van der Waals surface area contributed by atoms with Crippen molar-refractivity contribution in [1.29, 1.82) is 0 Å². The van der Waals surface area contributed by atoms with Crippen molar-refractivity contribution in [2.45, 2.75) is 64.1 Å². The van der Waals surface area contributed by atoms with Crippen LogP contribution in [-0.2, 0) is 4.79 Å². The van der Waals surface area contributed by atoms with Crippen molar-refractivity contribution in [3.63, 3.8) is 0 Å². The number of carbonyl (C=O) groups excluding carboxylic acids is 1. The molecule has 0 saturated heterocycles. The van der Waals surface area contributed by atoms with Gasteiger partial charge in [0.15, 0.2) is 0 Å². The number of aromatic nitrogens is 2. The van der Waals surface area contributed by atoms with E-state index >= 15 is 0 Å². The first-order chi connectivity index (χ1) is 12.8. The molecular formula is C20H28IN5O. The van der Waals surface area contributed by atoms with Crippen LogP contribution in [0.2, 0.25) is 0 Å². The smallest absolute Gasteiger partial charge is 0.239 e. The summed E-state index contributed by atoms with van der Waals surface area (Å²) in [6, 6.07) is 6.82. The third-order valence-corrected chi connectivity index (χ3v) is 5.41. The molecular weight excluding hydrogens is 453 g/mol. The normalized spacial score (nSPS) is 20.4. The number of amides is 1. The minimum absolute atomic E-state index is 0.0135. The summed E-state index contributed by atoms with van der Waals surface area (Å²) >= 11 is 2.26. The van der Waals surface area contributed by atoms with Gasteiger partial charge in [0.05, 0.1) is 12.1 Å².